The second-order valence-corrected chi connectivity index (χ2v) is 14.3. The van der Waals surface area contributed by atoms with Crippen molar-refractivity contribution in [1.29, 1.82) is 0 Å². The Morgan fingerprint density at radius 2 is 0.807 bits per heavy atom. The van der Waals surface area contributed by atoms with Crippen LogP contribution in [0.2, 0.25) is 0 Å². The molecule has 4 heteroatoms. The number of furan rings is 1. The fourth-order valence-electron chi connectivity index (χ4n) is 8.31. The van der Waals surface area contributed by atoms with E-state index in [1.807, 2.05) is 72.8 Å². The molecule has 0 N–H and O–H groups in total. The Kier molecular flexibility index (Phi) is 7.78. The Hall–Kier alpha value is -7.69. The molecular formula is C53H33N3O. The standard InChI is InChI=1S/C53H33N3O/c1-3-16-34(17-4-1)51-54-52(35-18-5-2-6-19-35)56-53(55-51)45-28-15-29-49-50(45)47-33-37(30-31-48(47)57-49)39-22-9-10-23-40(39)42-25-12-14-27-44(42)46-32-36-20-7-8-21-38(36)41-24-11-13-26-43(41)46/h1-33H. The van der Waals surface area contributed by atoms with Crippen LogP contribution in [-0.4, -0.2) is 15.0 Å². The first-order valence-corrected chi connectivity index (χ1v) is 19.2. The molecule has 0 radical (unpaired) electrons. The molecule has 0 saturated heterocycles. The minimum atomic E-state index is 0.596. The third-order valence-electron chi connectivity index (χ3n) is 10.9. The number of aromatic nitrogens is 3. The zero-order valence-corrected chi connectivity index (χ0v) is 30.8. The summed E-state index contributed by atoms with van der Waals surface area (Å²) in [5.41, 5.74) is 11.3. The van der Waals surface area contributed by atoms with Gasteiger partial charge in [0.25, 0.3) is 0 Å². The molecule has 2 heterocycles. The van der Waals surface area contributed by atoms with Gasteiger partial charge in [0.05, 0.1) is 0 Å². The lowest BCUT2D eigenvalue weighted by Gasteiger charge is -2.17. The molecule has 57 heavy (non-hydrogen) atoms. The molecule has 4 nitrogen and oxygen atoms in total. The van der Waals surface area contributed by atoms with Gasteiger partial charge in [0.1, 0.15) is 11.2 Å². The van der Waals surface area contributed by atoms with Crippen molar-refractivity contribution in [2.75, 3.05) is 0 Å². The van der Waals surface area contributed by atoms with Gasteiger partial charge in [-0.15, -0.1) is 0 Å². The van der Waals surface area contributed by atoms with Gasteiger partial charge in [-0.1, -0.05) is 176 Å². The van der Waals surface area contributed by atoms with Crippen LogP contribution in [0, 0.1) is 0 Å². The normalized spacial score (nSPS) is 11.5. The Morgan fingerprint density at radius 1 is 0.281 bits per heavy atom. The van der Waals surface area contributed by atoms with Gasteiger partial charge in [-0.2, -0.15) is 0 Å². The predicted octanol–water partition coefficient (Wildman–Crippen LogP) is 14.1. The number of rotatable bonds is 6. The number of fused-ring (bicyclic) bond motifs is 6. The molecule has 9 aromatic carbocycles. The van der Waals surface area contributed by atoms with Crippen molar-refractivity contribution in [2.45, 2.75) is 0 Å². The molecule has 11 rings (SSSR count). The van der Waals surface area contributed by atoms with Crippen LogP contribution >= 0.6 is 0 Å². The van der Waals surface area contributed by atoms with E-state index in [1.54, 1.807) is 0 Å². The highest BCUT2D eigenvalue weighted by molar-refractivity contribution is 6.16. The van der Waals surface area contributed by atoms with E-state index in [-0.39, 0.29) is 0 Å². The van der Waals surface area contributed by atoms with Crippen molar-refractivity contribution >= 4 is 43.5 Å². The first-order chi connectivity index (χ1) is 28.3. The quantitative estimate of drug-likeness (QED) is 0.160. The van der Waals surface area contributed by atoms with E-state index in [2.05, 4.69) is 127 Å². The molecule has 0 fully saturated rings. The molecule has 11 aromatic rings. The molecule has 0 spiro atoms. The van der Waals surface area contributed by atoms with E-state index in [0.29, 0.717) is 17.5 Å². The zero-order valence-electron chi connectivity index (χ0n) is 30.8. The second kappa shape index (κ2) is 13.6. The lowest BCUT2D eigenvalue weighted by molar-refractivity contribution is 0.669. The van der Waals surface area contributed by atoms with Crippen LogP contribution < -0.4 is 0 Å². The third-order valence-corrected chi connectivity index (χ3v) is 10.9. The molecule has 0 amide bonds. The van der Waals surface area contributed by atoms with Crippen LogP contribution in [0.15, 0.2) is 205 Å². The molecule has 0 saturated carbocycles. The van der Waals surface area contributed by atoms with Crippen molar-refractivity contribution in [3.63, 3.8) is 0 Å². The first-order valence-electron chi connectivity index (χ1n) is 19.2. The number of hydrogen-bond donors (Lipinski definition) is 0. The molecule has 0 unspecified atom stereocenters. The molecule has 0 atom stereocenters. The molecule has 0 aliphatic carbocycles. The zero-order chi connectivity index (χ0) is 37.7. The Labute approximate surface area is 329 Å². The number of hydrogen-bond acceptors (Lipinski definition) is 4. The monoisotopic (exact) mass is 727 g/mol. The fraction of sp³-hybridized carbons (Fsp3) is 0. The minimum absolute atomic E-state index is 0.596. The van der Waals surface area contributed by atoms with Crippen LogP contribution in [0.1, 0.15) is 0 Å². The van der Waals surface area contributed by atoms with Crippen LogP contribution in [-0.2, 0) is 0 Å². The first kappa shape index (κ1) is 32.7. The van der Waals surface area contributed by atoms with E-state index in [1.165, 1.54) is 38.2 Å². The Morgan fingerprint density at radius 3 is 1.51 bits per heavy atom. The van der Waals surface area contributed by atoms with Gasteiger partial charge in [0.15, 0.2) is 17.5 Å². The average Bonchev–Trinajstić information content (AvgIpc) is 3.67. The summed E-state index contributed by atoms with van der Waals surface area (Å²) >= 11 is 0. The maximum atomic E-state index is 6.53. The molecule has 0 aliphatic rings. The van der Waals surface area contributed by atoms with E-state index >= 15 is 0 Å². The topological polar surface area (TPSA) is 51.8 Å². The summed E-state index contributed by atoms with van der Waals surface area (Å²) in [4.78, 5) is 15.1. The SMILES string of the molecule is c1ccc(-c2nc(-c3ccccc3)nc(-c3cccc4oc5ccc(-c6ccccc6-c6ccccc6-c6cc7ccccc7c7ccccc67)cc5c34)n2)cc1. The lowest BCUT2D eigenvalue weighted by atomic mass is 9.86. The van der Waals surface area contributed by atoms with Gasteiger partial charge in [-0.3, -0.25) is 0 Å². The van der Waals surface area contributed by atoms with E-state index in [9.17, 15) is 0 Å². The maximum Gasteiger partial charge on any atom is 0.164 e. The Bertz CT molecular complexity index is 3240. The summed E-state index contributed by atoms with van der Waals surface area (Å²) in [6, 6.07) is 70.1. The summed E-state index contributed by atoms with van der Waals surface area (Å²) in [5, 5.41) is 6.96. The van der Waals surface area contributed by atoms with Gasteiger partial charge in [-0.25, -0.2) is 15.0 Å². The summed E-state index contributed by atoms with van der Waals surface area (Å²) in [5.74, 6) is 1.84. The van der Waals surface area contributed by atoms with Crippen molar-refractivity contribution in [2.24, 2.45) is 0 Å². The number of benzene rings is 9. The van der Waals surface area contributed by atoms with Crippen molar-refractivity contribution in [3.05, 3.63) is 200 Å². The minimum Gasteiger partial charge on any atom is -0.456 e. The third kappa shape index (κ3) is 5.66. The smallest absolute Gasteiger partial charge is 0.164 e. The molecule has 2 aromatic heterocycles. The van der Waals surface area contributed by atoms with E-state index < -0.39 is 0 Å². The van der Waals surface area contributed by atoms with Crippen LogP contribution in [0.25, 0.3) is 111 Å². The van der Waals surface area contributed by atoms with Crippen molar-refractivity contribution < 1.29 is 4.42 Å². The van der Waals surface area contributed by atoms with Crippen molar-refractivity contribution in [3.8, 4) is 67.5 Å². The number of nitrogens with zero attached hydrogens (tertiary/aromatic N) is 3. The molecule has 0 bridgehead atoms. The fourth-order valence-corrected chi connectivity index (χ4v) is 8.31. The van der Waals surface area contributed by atoms with Gasteiger partial charge in [0.2, 0.25) is 0 Å². The average molecular weight is 728 g/mol. The summed E-state index contributed by atoms with van der Waals surface area (Å²) in [6.45, 7) is 0. The van der Waals surface area contributed by atoms with E-state index in [0.717, 1.165) is 55.3 Å². The van der Waals surface area contributed by atoms with Gasteiger partial charge >= 0.3 is 0 Å². The molecule has 0 aliphatic heterocycles. The maximum absolute atomic E-state index is 6.53. The van der Waals surface area contributed by atoms with Crippen LogP contribution in [0.3, 0.4) is 0 Å². The predicted molar refractivity (Wildman–Crippen MR) is 235 cm³/mol. The van der Waals surface area contributed by atoms with Gasteiger partial charge in [-0.05, 0) is 79.2 Å². The van der Waals surface area contributed by atoms with E-state index in [4.69, 9.17) is 19.4 Å². The van der Waals surface area contributed by atoms with Gasteiger partial charge < -0.3 is 4.42 Å². The largest absolute Gasteiger partial charge is 0.456 e. The highest BCUT2D eigenvalue weighted by Gasteiger charge is 2.20. The molecular weight excluding hydrogens is 695 g/mol. The highest BCUT2D eigenvalue weighted by Crippen LogP contribution is 2.44. The summed E-state index contributed by atoms with van der Waals surface area (Å²) in [6.07, 6.45) is 0. The van der Waals surface area contributed by atoms with Crippen molar-refractivity contribution in [1.82, 2.24) is 15.0 Å². The summed E-state index contributed by atoms with van der Waals surface area (Å²) < 4.78 is 6.53. The van der Waals surface area contributed by atoms with Gasteiger partial charge in [0, 0.05) is 27.5 Å². The molecule has 266 valence electrons. The Balaban J connectivity index is 1.10. The van der Waals surface area contributed by atoms with Crippen LogP contribution in [0.4, 0.5) is 0 Å². The van der Waals surface area contributed by atoms with Crippen LogP contribution in [0.5, 0.6) is 0 Å². The lowest BCUT2D eigenvalue weighted by Crippen LogP contribution is -2.00. The summed E-state index contributed by atoms with van der Waals surface area (Å²) in [7, 11) is 0. The highest BCUT2D eigenvalue weighted by atomic mass is 16.3. The second-order valence-electron chi connectivity index (χ2n) is 14.3.